The number of ether oxygens (including phenoxy) is 2. The quantitative estimate of drug-likeness (QED) is 0.493. The highest BCUT2D eigenvalue weighted by molar-refractivity contribution is 5.87. The summed E-state index contributed by atoms with van der Waals surface area (Å²) in [7, 11) is 0. The Hall–Kier alpha value is -2.19. The van der Waals surface area contributed by atoms with Gasteiger partial charge in [0.1, 0.15) is 11.9 Å². The lowest BCUT2D eigenvalue weighted by molar-refractivity contribution is -0.146. The summed E-state index contributed by atoms with van der Waals surface area (Å²) in [6, 6.07) is 3.44. The molecule has 8 nitrogen and oxygen atoms in total. The number of carbonyl (C=O) groups is 2. The third-order valence-electron chi connectivity index (χ3n) is 7.46. The molecular formula is C25H37N3O5. The van der Waals surface area contributed by atoms with Crippen molar-refractivity contribution in [3.8, 4) is 0 Å². The summed E-state index contributed by atoms with van der Waals surface area (Å²) in [4.78, 5) is 29.0. The molecule has 0 aromatic carbocycles. The zero-order valence-corrected chi connectivity index (χ0v) is 19.6. The summed E-state index contributed by atoms with van der Waals surface area (Å²) in [6.45, 7) is 4.29. The van der Waals surface area contributed by atoms with Gasteiger partial charge in [0.15, 0.2) is 0 Å². The maximum atomic E-state index is 12.6. The van der Waals surface area contributed by atoms with Gasteiger partial charge in [0, 0.05) is 38.5 Å². The van der Waals surface area contributed by atoms with E-state index in [0.29, 0.717) is 38.6 Å². The lowest BCUT2D eigenvalue weighted by atomic mass is 9.79. The molecule has 8 heteroatoms. The van der Waals surface area contributed by atoms with Crippen molar-refractivity contribution in [3.63, 3.8) is 0 Å². The van der Waals surface area contributed by atoms with E-state index >= 15 is 0 Å². The number of aryl methyl sites for hydroxylation is 2. The van der Waals surface area contributed by atoms with Crippen molar-refractivity contribution >= 4 is 17.7 Å². The Bertz CT molecular complexity index is 833. The molecular weight excluding hydrogens is 422 g/mol. The number of carboxylic acids is 1. The minimum Gasteiger partial charge on any atom is -0.480 e. The number of aliphatic carboxylic acids is 1. The van der Waals surface area contributed by atoms with E-state index in [0.717, 1.165) is 50.2 Å². The fourth-order valence-corrected chi connectivity index (χ4v) is 4.90. The molecule has 1 unspecified atom stereocenters. The largest absolute Gasteiger partial charge is 0.480 e. The van der Waals surface area contributed by atoms with Crippen LogP contribution in [0.5, 0.6) is 0 Å². The van der Waals surface area contributed by atoms with Gasteiger partial charge in [-0.25, -0.2) is 9.78 Å². The van der Waals surface area contributed by atoms with Gasteiger partial charge in [0.2, 0.25) is 5.91 Å². The summed E-state index contributed by atoms with van der Waals surface area (Å²) in [6.07, 6.45) is 8.06. The number of pyridine rings is 1. The van der Waals surface area contributed by atoms with Crippen LogP contribution in [0.2, 0.25) is 0 Å². The van der Waals surface area contributed by atoms with Crippen molar-refractivity contribution in [2.24, 2.45) is 11.3 Å². The Kier molecular flexibility index (Phi) is 7.86. The third kappa shape index (κ3) is 6.23. The van der Waals surface area contributed by atoms with Gasteiger partial charge < -0.3 is 25.2 Å². The number of nitrogens with one attached hydrogen (secondary N) is 2. The smallest absolute Gasteiger partial charge is 0.326 e. The van der Waals surface area contributed by atoms with Gasteiger partial charge in [-0.3, -0.25) is 4.79 Å². The summed E-state index contributed by atoms with van der Waals surface area (Å²) in [5, 5.41) is 15.6. The molecule has 3 heterocycles. The van der Waals surface area contributed by atoms with Crippen LogP contribution < -0.4 is 10.6 Å². The summed E-state index contributed by atoms with van der Waals surface area (Å²) < 4.78 is 11.2. The normalized spacial score (nSPS) is 24.6. The van der Waals surface area contributed by atoms with Crippen molar-refractivity contribution in [1.82, 2.24) is 10.3 Å². The van der Waals surface area contributed by atoms with E-state index in [4.69, 9.17) is 14.5 Å². The van der Waals surface area contributed by atoms with Crippen molar-refractivity contribution in [3.05, 3.63) is 23.4 Å². The van der Waals surface area contributed by atoms with Gasteiger partial charge in [-0.1, -0.05) is 13.0 Å². The molecule has 1 atom stereocenters. The topological polar surface area (TPSA) is 110 Å². The van der Waals surface area contributed by atoms with Crippen LogP contribution in [0, 0.1) is 11.3 Å². The first-order chi connectivity index (χ1) is 15.9. The highest BCUT2D eigenvalue weighted by Crippen LogP contribution is 2.34. The number of nitrogens with zero attached hydrogens (tertiary/aromatic N) is 1. The number of aromatic nitrogens is 1. The van der Waals surface area contributed by atoms with Crippen LogP contribution in [0.3, 0.4) is 0 Å². The molecule has 1 saturated carbocycles. The number of amides is 1. The fraction of sp³-hybridized carbons (Fsp3) is 0.720. The van der Waals surface area contributed by atoms with E-state index in [1.807, 2.05) is 6.92 Å². The molecule has 33 heavy (non-hydrogen) atoms. The molecule has 1 aliphatic carbocycles. The second-order valence-corrected chi connectivity index (χ2v) is 10.0. The summed E-state index contributed by atoms with van der Waals surface area (Å²) >= 11 is 0. The number of carboxylic acid groups (broad SMARTS) is 1. The second-order valence-electron chi connectivity index (χ2n) is 10.0. The van der Waals surface area contributed by atoms with Crippen LogP contribution in [-0.2, 0) is 31.9 Å². The highest BCUT2D eigenvalue weighted by atomic mass is 16.5. The molecule has 1 amide bonds. The maximum Gasteiger partial charge on any atom is 0.326 e. The molecule has 1 aromatic heterocycles. The summed E-state index contributed by atoms with van der Waals surface area (Å²) in [5.74, 6) is 0.470. The molecule has 4 rings (SSSR count). The van der Waals surface area contributed by atoms with Gasteiger partial charge in [0.05, 0.1) is 11.5 Å². The molecule has 3 aliphatic rings. The molecule has 3 N–H and O–H groups in total. The van der Waals surface area contributed by atoms with Crippen molar-refractivity contribution < 1.29 is 24.2 Å². The van der Waals surface area contributed by atoms with Gasteiger partial charge in [-0.15, -0.1) is 0 Å². The predicted molar refractivity (Wildman–Crippen MR) is 124 cm³/mol. The number of anilines is 1. The van der Waals surface area contributed by atoms with Gasteiger partial charge in [0.25, 0.3) is 0 Å². The standard InChI is InChI=1S/C25H37N3O5/c1-25(9-13-32-14-10-25)24(31)28-21(23(29)30)8-12-33-20-15-17(16-20)4-6-19-7-5-18-3-2-11-26-22(18)27-19/h5,7,17,20-21H,2-4,6,8-16H2,1H3,(H,26,27)(H,28,31)(H,29,30). The van der Waals surface area contributed by atoms with Gasteiger partial charge >= 0.3 is 5.97 Å². The minimum absolute atomic E-state index is 0.186. The molecule has 0 radical (unpaired) electrons. The number of hydrogen-bond acceptors (Lipinski definition) is 6. The molecule has 2 fully saturated rings. The third-order valence-corrected chi connectivity index (χ3v) is 7.46. The molecule has 2 aliphatic heterocycles. The van der Waals surface area contributed by atoms with E-state index in [1.54, 1.807) is 0 Å². The Morgan fingerprint density at radius 2 is 2.12 bits per heavy atom. The first-order valence-corrected chi connectivity index (χ1v) is 12.4. The molecule has 1 saturated heterocycles. The second kappa shape index (κ2) is 10.8. The molecule has 1 aromatic rings. The molecule has 182 valence electrons. The SMILES string of the molecule is CC1(C(=O)NC(CCOC2CC(CCc3ccc4c(n3)NCCC4)C2)C(=O)O)CCOCC1. The highest BCUT2D eigenvalue weighted by Gasteiger charge is 2.37. The van der Waals surface area contributed by atoms with Crippen molar-refractivity contribution in [1.29, 1.82) is 0 Å². The van der Waals surface area contributed by atoms with Crippen LogP contribution in [0.4, 0.5) is 5.82 Å². The van der Waals surface area contributed by atoms with Crippen LogP contribution in [0.15, 0.2) is 12.1 Å². The lowest BCUT2D eigenvalue weighted by Crippen LogP contribution is -2.49. The van der Waals surface area contributed by atoms with E-state index in [-0.39, 0.29) is 18.4 Å². The van der Waals surface area contributed by atoms with E-state index in [1.165, 1.54) is 12.0 Å². The Morgan fingerprint density at radius 3 is 2.88 bits per heavy atom. The average Bonchev–Trinajstić information content (AvgIpc) is 2.79. The monoisotopic (exact) mass is 459 g/mol. The number of fused-ring (bicyclic) bond motifs is 1. The van der Waals surface area contributed by atoms with Crippen LogP contribution in [-0.4, -0.2) is 60.5 Å². The van der Waals surface area contributed by atoms with Gasteiger partial charge in [-0.05, 0) is 68.9 Å². The van der Waals surface area contributed by atoms with Crippen LogP contribution in [0.25, 0.3) is 0 Å². The zero-order valence-electron chi connectivity index (χ0n) is 19.6. The zero-order chi connectivity index (χ0) is 23.3. The number of hydrogen-bond donors (Lipinski definition) is 3. The van der Waals surface area contributed by atoms with Crippen LogP contribution in [0.1, 0.15) is 63.1 Å². The minimum atomic E-state index is -1.01. The Morgan fingerprint density at radius 1 is 1.33 bits per heavy atom. The average molecular weight is 460 g/mol. The molecule has 0 bridgehead atoms. The van der Waals surface area contributed by atoms with Gasteiger partial charge in [-0.2, -0.15) is 0 Å². The number of carbonyl (C=O) groups excluding carboxylic acids is 1. The first-order valence-electron chi connectivity index (χ1n) is 12.4. The van der Waals surface area contributed by atoms with E-state index in [9.17, 15) is 14.7 Å². The van der Waals surface area contributed by atoms with Crippen LogP contribution >= 0.6 is 0 Å². The Balaban J connectivity index is 1.13. The van der Waals surface area contributed by atoms with Crippen molar-refractivity contribution in [2.75, 3.05) is 31.7 Å². The first kappa shape index (κ1) is 24.0. The van der Waals surface area contributed by atoms with Crippen molar-refractivity contribution in [2.45, 2.75) is 76.9 Å². The summed E-state index contributed by atoms with van der Waals surface area (Å²) in [5.41, 5.74) is 1.90. The van der Waals surface area contributed by atoms with E-state index in [2.05, 4.69) is 22.8 Å². The predicted octanol–water partition coefficient (Wildman–Crippen LogP) is 2.94. The van der Waals surface area contributed by atoms with E-state index < -0.39 is 17.4 Å². The number of rotatable bonds is 10. The maximum absolute atomic E-state index is 12.6. The fourth-order valence-electron chi connectivity index (χ4n) is 4.90. The lowest BCUT2D eigenvalue weighted by Gasteiger charge is -2.36. The molecule has 0 spiro atoms. The Labute approximate surface area is 195 Å².